The normalized spacial score (nSPS) is 34.1. The van der Waals surface area contributed by atoms with Crippen molar-refractivity contribution in [2.24, 2.45) is 0 Å². The zero-order valence-corrected chi connectivity index (χ0v) is 9.22. The summed E-state index contributed by atoms with van der Waals surface area (Å²) in [7, 11) is -2.83. The Morgan fingerprint density at radius 2 is 1.86 bits per heavy atom. The predicted octanol–water partition coefficient (Wildman–Crippen LogP) is -0.184. The van der Waals surface area contributed by atoms with Crippen molar-refractivity contribution in [2.45, 2.75) is 24.6 Å². The minimum absolute atomic E-state index is 0.182. The maximum Gasteiger partial charge on any atom is 0.166 e. The highest BCUT2D eigenvalue weighted by molar-refractivity contribution is 7.92. The summed E-state index contributed by atoms with van der Waals surface area (Å²) in [6, 6.07) is 0. The highest BCUT2D eigenvalue weighted by Gasteiger charge is 2.33. The molecule has 2 heterocycles. The van der Waals surface area contributed by atoms with Crippen LogP contribution in [0.25, 0.3) is 0 Å². The van der Waals surface area contributed by atoms with E-state index in [2.05, 4.69) is 10.2 Å². The molecule has 1 N–H and O–H groups in total. The van der Waals surface area contributed by atoms with Gasteiger partial charge in [-0.25, -0.2) is 8.42 Å². The summed E-state index contributed by atoms with van der Waals surface area (Å²) >= 11 is 0. The summed E-state index contributed by atoms with van der Waals surface area (Å²) in [6.07, 6.45) is 2.75. The Balaban J connectivity index is 2.07. The van der Waals surface area contributed by atoms with E-state index in [0.29, 0.717) is 5.75 Å². The first-order chi connectivity index (χ1) is 6.70. The van der Waals surface area contributed by atoms with E-state index in [4.69, 9.17) is 0 Å². The van der Waals surface area contributed by atoms with Gasteiger partial charge in [0.25, 0.3) is 0 Å². The minimum Gasteiger partial charge on any atom is -0.314 e. The van der Waals surface area contributed by atoms with Gasteiger partial charge < -0.3 is 5.32 Å². The number of nitrogens with zero attached hydrogens (tertiary/aromatic N) is 1. The molecule has 0 aromatic carbocycles. The van der Waals surface area contributed by atoms with E-state index >= 15 is 0 Å². The van der Waals surface area contributed by atoms with Crippen LogP contribution in [0.5, 0.6) is 0 Å². The SMILES string of the molecule is O=S1(=O)CCCCC1N1CCNCC1. The van der Waals surface area contributed by atoms with Gasteiger partial charge in [-0.15, -0.1) is 0 Å². The van der Waals surface area contributed by atoms with Crippen LogP contribution in [0.1, 0.15) is 19.3 Å². The molecule has 1 atom stereocenters. The van der Waals surface area contributed by atoms with E-state index in [1.807, 2.05) is 0 Å². The van der Waals surface area contributed by atoms with Crippen molar-refractivity contribution < 1.29 is 8.42 Å². The maximum absolute atomic E-state index is 11.8. The van der Waals surface area contributed by atoms with E-state index < -0.39 is 9.84 Å². The van der Waals surface area contributed by atoms with Crippen molar-refractivity contribution in [3.8, 4) is 0 Å². The third kappa shape index (κ3) is 2.10. The second kappa shape index (κ2) is 4.16. The predicted molar refractivity (Wildman–Crippen MR) is 55.9 cm³/mol. The summed E-state index contributed by atoms with van der Waals surface area (Å²) in [5, 5.41) is 3.06. The number of rotatable bonds is 1. The highest BCUT2D eigenvalue weighted by Crippen LogP contribution is 2.22. The smallest absolute Gasteiger partial charge is 0.166 e. The van der Waals surface area contributed by atoms with Gasteiger partial charge in [0.15, 0.2) is 9.84 Å². The Kier molecular flexibility index (Phi) is 3.09. The Bertz CT molecular complexity index is 283. The van der Waals surface area contributed by atoms with Crippen LogP contribution in [-0.4, -0.2) is 50.6 Å². The summed E-state index contributed by atoms with van der Waals surface area (Å²) < 4.78 is 23.6. The van der Waals surface area contributed by atoms with Crippen LogP contribution < -0.4 is 5.32 Å². The number of hydrogen-bond acceptors (Lipinski definition) is 4. The zero-order valence-electron chi connectivity index (χ0n) is 8.41. The number of sulfone groups is 1. The molecule has 0 amide bonds. The first-order valence-electron chi connectivity index (χ1n) is 5.36. The van der Waals surface area contributed by atoms with Gasteiger partial charge >= 0.3 is 0 Å². The molecule has 0 aromatic rings. The third-order valence-corrected chi connectivity index (χ3v) is 5.32. The summed E-state index contributed by atoms with van der Waals surface area (Å²) in [6.45, 7) is 3.60. The zero-order chi connectivity index (χ0) is 10.0. The van der Waals surface area contributed by atoms with E-state index in [-0.39, 0.29) is 5.37 Å². The molecule has 14 heavy (non-hydrogen) atoms. The van der Waals surface area contributed by atoms with Crippen LogP contribution in [0, 0.1) is 0 Å². The van der Waals surface area contributed by atoms with E-state index in [1.165, 1.54) is 0 Å². The average molecular weight is 218 g/mol. The molecule has 2 rings (SSSR count). The van der Waals surface area contributed by atoms with Gasteiger partial charge in [-0.1, -0.05) is 0 Å². The Labute approximate surface area is 85.6 Å². The maximum atomic E-state index is 11.8. The molecule has 2 aliphatic rings. The highest BCUT2D eigenvalue weighted by atomic mass is 32.2. The van der Waals surface area contributed by atoms with E-state index in [1.54, 1.807) is 0 Å². The van der Waals surface area contributed by atoms with Gasteiger partial charge in [-0.2, -0.15) is 0 Å². The van der Waals surface area contributed by atoms with Crippen LogP contribution in [0.3, 0.4) is 0 Å². The number of nitrogens with one attached hydrogen (secondary N) is 1. The Morgan fingerprint density at radius 1 is 1.14 bits per heavy atom. The quantitative estimate of drug-likeness (QED) is 0.663. The monoisotopic (exact) mass is 218 g/mol. The molecule has 0 saturated carbocycles. The number of hydrogen-bond donors (Lipinski definition) is 1. The Morgan fingerprint density at radius 3 is 2.50 bits per heavy atom. The first-order valence-corrected chi connectivity index (χ1v) is 7.08. The molecule has 2 fully saturated rings. The lowest BCUT2D eigenvalue weighted by Crippen LogP contribution is -2.52. The van der Waals surface area contributed by atoms with Crippen molar-refractivity contribution in [1.29, 1.82) is 0 Å². The van der Waals surface area contributed by atoms with Gasteiger partial charge in [0, 0.05) is 26.2 Å². The van der Waals surface area contributed by atoms with Crippen molar-refractivity contribution >= 4 is 9.84 Å². The van der Waals surface area contributed by atoms with E-state index in [0.717, 1.165) is 45.4 Å². The molecule has 0 bridgehead atoms. The van der Waals surface area contributed by atoms with Crippen molar-refractivity contribution in [2.75, 3.05) is 31.9 Å². The lowest BCUT2D eigenvalue weighted by Gasteiger charge is -2.36. The van der Waals surface area contributed by atoms with Gasteiger partial charge in [-0.05, 0) is 19.3 Å². The molecule has 0 aliphatic carbocycles. The second-order valence-electron chi connectivity index (χ2n) is 4.10. The van der Waals surface area contributed by atoms with Crippen LogP contribution in [-0.2, 0) is 9.84 Å². The Hall–Kier alpha value is -0.130. The molecule has 0 spiro atoms. The van der Waals surface area contributed by atoms with Crippen molar-refractivity contribution in [3.63, 3.8) is 0 Å². The molecule has 2 aliphatic heterocycles. The van der Waals surface area contributed by atoms with Crippen LogP contribution in [0.2, 0.25) is 0 Å². The van der Waals surface area contributed by atoms with Crippen LogP contribution in [0.15, 0.2) is 0 Å². The molecular weight excluding hydrogens is 200 g/mol. The fraction of sp³-hybridized carbons (Fsp3) is 1.00. The largest absolute Gasteiger partial charge is 0.314 e. The fourth-order valence-electron chi connectivity index (χ4n) is 2.32. The molecular formula is C9H18N2O2S. The third-order valence-electron chi connectivity index (χ3n) is 3.10. The minimum atomic E-state index is -2.83. The average Bonchev–Trinajstić information content (AvgIpc) is 2.18. The van der Waals surface area contributed by atoms with Gasteiger partial charge in [0.05, 0.1) is 5.75 Å². The van der Waals surface area contributed by atoms with E-state index in [9.17, 15) is 8.42 Å². The fourth-order valence-corrected chi connectivity index (χ4v) is 4.39. The standard InChI is InChI=1S/C9H18N2O2S/c12-14(13)8-2-1-3-9(14)11-6-4-10-5-7-11/h9-10H,1-8H2. The lowest BCUT2D eigenvalue weighted by molar-refractivity contribution is 0.205. The van der Waals surface area contributed by atoms with Crippen LogP contribution in [0.4, 0.5) is 0 Å². The number of piperazine rings is 1. The molecule has 0 radical (unpaired) electrons. The summed E-state index contributed by atoms with van der Waals surface area (Å²) in [4.78, 5) is 2.13. The van der Waals surface area contributed by atoms with Gasteiger partial charge in [0.1, 0.15) is 5.37 Å². The molecule has 0 aromatic heterocycles. The first kappa shape index (κ1) is 10.4. The summed E-state index contributed by atoms with van der Waals surface area (Å²) in [5.74, 6) is 0.390. The molecule has 4 nitrogen and oxygen atoms in total. The second-order valence-corrected chi connectivity index (χ2v) is 6.38. The molecule has 5 heteroatoms. The lowest BCUT2D eigenvalue weighted by atomic mass is 10.2. The van der Waals surface area contributed by atoms with Gasteiger partial charge in [-0.3, -0.25) is 4.90 Å². The van der Waals surface area contributed by atoms with Crippen molar-refractivity contribution in [3.05, 3.63) is 0 Å². The molecule has 1 unspecified atom stereocenters. The van der Waals surface area contributed by atoms with Crippen LogP contribution >= 0.6 is 0 Å². The summed E-state index contributed by atoms with van der Waals surface area (Å²) in [5.41, 5.74) is 0. The topological polar surface area (TPSA) is 49.4 Å². The van der Waals surface area contributed by atoms with Gasteiger partial charge in [0.2, 0.25) is 0 Å². The van der Waals surface area contributed by atoms with Crippen molar-refractivity contribution in [1.82, 2.24) is 10.2 Å². The molecule has 2 saturated heterocycles. The molecule has 82 valence electrons.